The van der Waals surface area contributed by atoms with Gasteiger partial charge in [0.05, 0.1) is 13.2 Å². The third-order valence-electron chi connectivity index (χ3n) is 6.19. The highest BCUT2D eigenvalue weighted by molar-refractivity contribution is 5.73. The van der Waals surface area contributed by atoms with E-state index in [1.165, 1.54) is 30.6 Å². The van der Waals surface area contributed by atoms with Crippen molar-refractivity contribution in [2.75, 3.05) is 52.5 Å². The van der Waals surface area contributed by atoms with Crippen LogP contribution in [0.5, 0.6) is 0 Å². The van der Waals surface area contributed by atoms with Crippen LogP contribution < -0.4 is 10.6 Å². The van der Waals surface area contributed by atoms with Crippen molar-refractivity contribution < 1.29 is 9.53 Å². The van der Waals surface area contributed by atoms with Crippen molar-refractivity contribution >= 4 is 6.03 Å². The predicted molar refractivity (Wildman–Crippen MR) is 121 cm³/mol. The molecule has 168 valence electrons. The largest absolute Gasteiger partial charge is 0.379 e. The second-order valence-electron chi connectivity index (χ2n) is 9.18. The van der Waals surface area contributed by atoms with Crippen molar-refractivity contribution in [3.63, 3.8) is 0 Å². The summed E-state index contributed by atoms with van der Waals surface area (Å²) < 4.78 is 5.44. The molecule has 2 saturated heterocycles. The summed E-state index contributed by atoms with van der Waals surface area (Å²) in [7, 11) is 0. The number of benzene rings is 1. The summed E-state index contributed by atoms with van der Waals surface area (Å²) in [5.74, 6) is 1.62. The van der Waals surface area contributed by atoms with Gasteiger partial charge in [0, 0.05) is 45.8 Å². The van der Waals surface area contributed by atoms with Gasteiger partial charge in [-0.25, -0.2) is 4.79 Å². The van der Waals surface area contributed by atoms with Gasteiger partial charge in [0.15, 0.2) is 0 Å². The van der Waals surface area contributed by atoms with E-state index in [0.717, 1.165) is 70.6 Å². The summed E-state index contributed by atoms with van der Waals surface area (Å²) in [6.45, 7) is 14.1. The fourth-order valence-corrected chi connectivity index (χ4v) is 4.76. The average molecular weight is 417 g/mol. The monoisotopic (exact) mass is 416 g/mol. The van der Waals surface area contributed by atoms with Crippen molar-refractivity contribution in [3.8, 4) is 0 Å². The Morgan fingerprint density at radius 1 is 1.00 bits per heavy atom. The van der Waals surface area contributed by atoms with Crippen molar-refractivity contribution in [2.45, 2.75) is 46.2 Å². The minimum Gasteiger partial charge on any atom is -0.379 e. The first-order valence-electron chi connectivity index (χ1n) is 11.7. The number of carbonyl (C=O) groups is 1. The van der Waals surface area contributed by atoms with Gasteiger partial charge in [0.2, 0.25) is 0 Å². The van der Waals surface area contributed by atoms with E-state index in [1.54, 1.807) is 0 Å². The third kappa shape index (κ3) is 7.89. The van der Waals surface area contributed by atoms with Gasteiger partial charge in [0.1, 0.15) is 0 Å². The van der Waals surface area contributed by atoms with Gasteiger partial charge >= 0.3 is 6.03 Å². The standard InChI is InChI=1S/C24H40N4O2/c1-20-15-21(2)18-28(17-20)10-6-5-9-25-24(29)26-16-22-7-3-4-8-23(22)19-27-11-13-30-14-12-27/h3-4,7-8,20-21H,5-6,9-19H2,1-2H3,(H2,25,26,29). The predicted octanol–water partition coefficient (Wildman–Crippen LogP) is 3.08. The maximum absolute atomic E-state index is 12.2. The van der Waals surface area contributed by atoms with Gasteiger partial charge in [-0.05, 0) is 48.8 Å². The minimum absolute atomic E-state index is 0.0728. The molecule has 0 spiro atoms. The number of hydrogen-bond donors (Lipinski definition) is 2. The van der Waals surface area contributed by atoms with Gasteiger partial charge < -0.3 is 20.3 Å². The second kappa shape index (κ2) is 12.3. The molecule has 2 heterocycles. The smallest absolute Gasteiger partial charge is 0.315 e. The van der Waals surface area contributed by atoms with Crippen molar-refractivity contribution in [1.29, 1.82) is 0 Å². The highest BCUT2D eigenvalue weighted by atomic mass is 16.5. The SMILES string of the molecule is CC1CC(C)CN(CCCCNC(=O)NCc2ccccc2CN2CCOCC2)C1. The third-order valence-corrected chi connectivity index (χ3v) is 6.19. The normalized spacial score (nSPS) is 23.3. The number of amides is 2. The van der Waals surface area contributed by atoms with E-state index in [4.69, 9.17) is 4.74 Å². The number of likely N-dealkylation sites (tertiary alicyclic amines) is 1. The molecule has 6 nitrogen and oxygen atoms in total. The number of morpholine rings is 1. The first kappa shape index (κ1) is 23.0. The summed E-state index contributed by atoms with van der Waals surface area (Å²) in [6.07, 6.45) is 3.52. The number of unbranched alkanes of at least 4 members (excludes halogenated alkanes) is 1. The number of hydrogen-bond acceptors (Lipinski definition) is 4. The Labute approximate surface area is 182 Å². The Balaban J connectivity index is 1.31. The molecule has 1 aromatic rings. The summed E-state index contributed by atoms with van der Waals surface area (Å²) in [5.41, 5.74) is 2.47. The van der Waals surface area contributed by atoms with Gasteiger partial charge in [-0.1, -0.05) is 38.1 Å². The van der Waals surface area contributed by atoms with E-state index in [1.807, 2.05) is 6.07 Å². The molecule has 2 aliphatic heterocycles. The van der Waals surface area contributed by atoms with E-state index in [-0.39, 0.29) is 6.03 Å². The van der Waals surface area contributed by atoms with Crippen LogP contribution in [-0.4, -0.2) is 68.3 Å². The number of carbonyl (C=O) groups excluding carboxylic acids is 1. The van der Waals surface area contributed by atoms with Crippen LogP contribution in [0.25, 0.3) is 0 Å². The summed E-state index contributed by atoms with van der Waals surface area (Å²) in [4.78, 5) is 17.2. The van der Waals surface area contributed by atoms with E-state index in [2.05, 4.69) is 52.5 Å². The van der Waals surface area contributed by atoms with Crippen LogP contribution in [-0.2, 0) is 17.8 Å². The molecule has 2 amide bonds. The van der Waals surface area contributed by atoms with Gasteiger partial charge in [0.25, 0.3) is 0 Å². The molecule has 2 fully saturated rings. The Hall–Kier alpha value is -1.63. The van der Waals surface area contributed by atoms with Gasteiger partial charge in [-0.15, -0.1) is 0 Å². The highest BCUT2D eigenvalue weighted by Gasteiger charge is 2.21. The molecule has 0 aliphatic carbocycles. The zero-order chi connectivity index (χ0) is 21.2. The van der Waals surface area contributed by atoms with Gasteiger partial charge in [-0.3, -0.25) is 4.90 Å². The first-order valence-corrected chi connectivity index (χ1v) is 11.7. The van der Waals surface area contributed by atoms with Crippen LogP contribution in [0.3, 0.4) is 0 Å². The van der Waals surface area contributed by atoms with Gasteiger partial charge in [-0.2, -0.15) is 0 Å². The lowest BCUT2D eigenvalue weighted by atomic mass is 9.92. The first-order chi connectivity index (χ1) is 14.6. The van der Waals surface area contributed by atoms with Crippen LogP contribution in [0.4, 0.5) is 4.79 Å². The van der Waals surface area contributed by atoms with Crippen molar-refractivity contribution in [2.24, 2.45) is 11.8 Å². The Morgan fingerprint density at radius 2 is 1.70 bits per heavy atom. The molecule has 6 heteroatoms. The zero-order valence-corrected chi connectivity index (χ0v) is 18.9. The average Bonchev–Trinajstić information content (AvgIpc) is 2.73. The molecule has 2 unspecified atom stereocenters. The highest BCUT2D eigenvalue weighted by Crippen LogP contribution is 2.21. The molecule has 3 rings (SSSR count). The number of nitrogens with zero attached hydrogens (tertiary/aromatic N) is 2. The molecule has 2 atom stereocenters. The molecular weight excluding hydrogens is 376 g/mol. The second-order valence-corrected chi connectivity index (χ2v) is 9.18. The molecular formula is C24H40N4O2. The maximum atomic E-state index is 12.2. The lowest BCUT2D eigenvalue weighted by molar-refractivity contribution is 0.0341. The Kier molecular flexibility index (Phi) is 9.43. The maximum Gasteiger partial charge on any atom is 0.315 e. The van der Waals surface area contributed by atoms with Crippen LogP contribution >= 0.6 is 0 Å². The number of piperidine rings is 1. The lowest BCUT2D eigenvalue weighted by Crippen LogP contribution is -2.39. The molecule has 0 bridgehead atoms. The fourth-order valence-electron chi connectivity index (χ4n) is 4.76. The van der Waals surface area contributed by atoms with E-state index >= 15 is 0 Å². The topological polar surface area (TPSA) is 56.8 Å². The van der Waals surface area contributed by atoms with Crippen LogP contribution in [0.15, 0.2) is 24.3 Å². The molecule has 0 radical (unpaired) electrons. The van der Waals surface area contributed by atoms with Crippen LogP contribution in [0.1, 0.15) is 44.2 Å². The summed E-state index contributed by atoms with van der Waals surface area (Å²) >= 11 is 0. The Morgan fingerprint density at radius 3 is 2.43 bits per heavy atom. The molecule has 1 aromatic carbocycles. The van der Waals surface area contributed by atoms with Crippen molar-refractivity contribution in [1.82, 2.24) is 20.4 Å². The minimum atomic E-state index is -0.0728. The number of ether oxygens (including phenoxy) is 1. The number of nitrogens with one attached hydrogen (secondary N) is 2. The zero-order valence-electron chi connectivity index (χ0n) is 18.9. The molecule has 2 aliphatic rings. The quantitative estimate of drug-likeness (QED) is 0.608. The lowest BCUT2D eigenvalue weighted by Gasteiger charge is -2.34. The van der Waals surface area contributed by atoms with E-state index in [9.17, 15) is 4.79 Å². The number of urea groups is 1. The fraction of sp³-hybridized carbons (Fsp3) is 0.708. The summed E-state index contributed by atoms with van der Waals surface area (Å²) in [5, 5.41) is 6.04. The van der Waals surface area contributed by atoms with Crippen LogP contribution in [0, 0.1) is 11.8 Å². The van der Waals surface area contributed by atoms with E-state index in [0.29, 0.717) is 6.54 Å². The van der Waals surface area contributed by atoms with Crippen LogP contribution in [0.2, 0.25) is 0 Å². The Bertz CT molecular complexity index is 638. The summed E-state index contributed by atoms with van der Waals surface area (Å²) in [6, 6.07) is 8.31. The molecule has 0 saturated carbocycles. The van der Waals surface area contributed by atoms with E-state index < -0.39 is 0 Å². The molecule has 0 aromatic heterocycles. The number of rotatable bonds is 9. The molecule has 2 N–H and O–H groups in total. The van der Waals surface area contributed by atoms with Crippen molar-refractivity contribution in [3.05, 3.63) is 35.4 Å². The molecule has 30 heavy (non-hydrogen) atoms.